The number of ether oxygens (including phenoxy) is 1. The van der Waals surface area contributed by atoms with Crippen molar-refractivity contribution in [3.63, 3.8) is 0 Å². The number of phenols is 1. The second-order valence-electron chi connectivity index (χ2n) is 9.98. The standard InChI is InChI=1S/C31H37NO2/c33-27-17-18-30-28(22-27)31(29(23-34-30)25-11-5-3-6-12-25)26-15-13-24(14-16-26)10-4-1-2-7-19-32-20-8-9-21-32/h3,5-6,11-18,22,29,31,33H,1-2,4,7-10,19-21,23H2. The zero-order valence-electron chi connectivity index (χ0n) is 20.2. The smallest absolute Gasteiger partial charge is 0.123 e. The molecule has 3 heteroatoms. The largest absolute Gasteiger partial charge is 0.508 e. The number of likely N-dealkylation sites (tertiary alicyclic amines) is 1. The van der Waals surface area contributed by atoms with E-state index in [1.165, 1.54) is 74.8 Å². The van der Waals surface area contributed by atoms with Crippen molar-refractivity contribution in [2.24, 2.45) is 0 Å². The molecule has 2 heterocycles. The van der Waals surface area contributed by atoms with Gasteiger partial charge in [-0.2, -0.15) is 0 Å². The molecule has 3 nitrogen and oxygen atoms in total. The number of rotatable bonds is 9. The molecule has 5 rings (SSSR count). The zero-order chi connectivity index (χ0) is 23.2. The van der Waals surface area contributed by atoms with Gasteiger partial charge in [-0.25, -0.2) is 0 Å². The van der Waals surface area contributed by atoms with Gasteiger partial charge in [0, 0.05) is 17.4 Å². The van der Waals surface area contributed by atoms with Gasteiger partial charge in [0.1, 0.15) is 11.5 Å². The molecule has 178 valence electrons. The first-order chi connectivity index (χ1) is 16.8. The van der Waals surface area contributed by atoms with E-state index in [1.54, 1.807) is 6.07 Å². The molecule has 0 radical (unpaired) electrons. The first kappa shape index (κ1) is 23.0. The predicted octanol–water partition coefficient (Wildman–Crippen LogP) is 6.90. The number of aryl methyl sites for hydroxylation is 1. The van der Waals surface area contributed by atoms with E-state index in [0.29, 0.717) is 12.4 Å². The third kappa shape index (κ3) is 5.47. The lowest BCUT2D eigenvalue weighted by Crippen LogP contribution is -2.25. The summed E-state index contributed by atoms with van der Waals surface area (Å²) in [5, 5.41) is 10.2. The molecule has 0 aromatic heterocycles. The Balaban J connectivity index is 1.24. The topological polar surface area (TPSA) is 32.7 Å². The van der Waals surface area contributed by atoms with Crippen LogP contribution in [-0.4, -0.2) is 36.2 Å². The zero-order valence-corrected chi connectivity index (χ0v) is 20.2. The highest BCUT2D eigenvalue weighted by Crippen LogP contribution is 2.47. The Labute approximate surface area is 204 Å². The Hall–Kier alpha value is -2.78. The average molecular weight is 456 g/mol. The van der Waals surface area contributed by atoms with Gasteiger partial charge < -0.3 is 14.7 Å². The van der Waals surface area contributed by atoms with Gasteiger partial charge >= 0.3 is 0 Å². The van der Waals surface area contributed by atoms with Crippen LogP contribution in [0.5, 0.6) is 11.5 Å². The van der Waals surface area contributed by atoms with E-state index in [2.05, 4.69) is 59.5 Å². The van der Waals surface area contributed by atoms with Crippen molar-refractivity contribution in [1.82, 2.24) is 4.90 Å². The summed E-state index contributed by atoms with van der Waals surface area (Å²) < 4.78 is 6.12. The third-order valence-corrected chi connectivity index (χ3v) is 7.60. The minimum Gasteiger partial charge on any atom is -0.508 e. The molecule has 34 heavy (non-hydrogen) atoms. The van der Waals surface area contributed by atoms with Crippen LogP contribution in [0.1, 0.15) is 72.6 Å². The van der Waals surface area contributed by atoms with Crippen LogP contribution < -0.4 is 4.74 Å². The SMILES string of the molecule is Oc1ccc2c(c1)C(c1ccc(CCCCCCN3CCCC3)cc1)C(c1ccccc1)CO2. The van der Waals surface area contributed by atoms with Crippen molar-refractivity contribution in [2.75, 3.05) is 26.2 Å². The highest BCUT2D eigenvalue weighted by atomic mass is 16.5. The van der Waals surface area contributed by atoms with Crippen LogP contribution in [0.4, 0.5) is 0 Å². The van der Waals surface area contributed by atoms with Crippen LogP contribution in [0.25, 0.3) is 0 Å². The summed E-state index contributed by atoms with van der Waals surface area (Å²) in [6.45, 7) is 4.56. The van der Waals surface area contributed by atoms with E-state index in [4.69, 9.17) is 4.74 Å². The van der Waals surface area contributed by atoms with Crippen LogP contribution in [0, 0.1) is 0 Å². The molecule has 0 aliphatic carbocycles. The van der Waals surface area contributed by atoms with Crippen molar-refractivity contribution in [3.8, 4) is 11.5 Å². The van der Waals surface area contributed by atoms with Crippen LogP contribution >= 0.6 is 0 Å². The maximum absolute atomic E-state index is 10.2. The number of nitrogens with zero attached hydrogens (tertiary/aromatic N) is 1. The molecule has 2 atom stereocenters. The van der Waals surface area contributed by atoms with Crippen LogP contribution in [0.2, 0.25) is 0 Å². The summed E-state index contributed by atoms with van der Waals surface area (Å²) in [5.74, 6) is 1.56. The first-order valence-electron chi connectivity index (χ1n) is 13.1. The number of fused-ring (bicyclic) bond motifs is 1. The van der Waals surface area contributed by atoms with E-state index < -0.39 is 0 Å². The number of hydrogen-bond donors (Lipinski definition) is 1. The molecule has 2 aliphatic rings. The van der Waals surface area contributed by atoms with Crippen molar-refractivity contribution < 1.29 is 9.84 Å². The minimum absolute atomic E-state index is 0.165. The molecule has 0 saturated carbocycles. The normalized spacial score (nSPS) is 20.1. The molecule has 0 amide bonds. The average Bonchev–Trinajstić information content (AvgIpc) is 3.40. The van der Waals surface area contributed by atoms with Gasteiger partial charge in [0.15, 0.2) is 0 Å². The Morgan fingerprint density at radius 2 is 1.56 bits per heavy atom. The van der Waals surface area contributed by atoms with Gasteiger partial charge in [-0.1, -0.05) is 67.4 Å². The lowest BCUT2D eigenvalue weighted by molar-refractivity contribution is 0.248. The van der Waals surface area contributed by atoms with E-state index in [0.717, 1.165) is 17.7 Å². The fraction of sp³-hybridized carbons (Fsp3) is 0.419. The summed E-state index contributed by atoms with van der Waals surface area (Å²) >= 11 is 0. The molecule has 0 spiro atoms. The van der Waals surface area contributed by atoms with Gasteiger partial charge in [-0.15, -0.1) is 0 Å². The van der Waals surface area contributed by atoms with E-state index in [9.17, 15) is 5.11 Å². The second-order valence-corrected chi connectivity index (χ2v) is 9.98. The number of hydrogen-bond acceptors (Lipinski definition) is 3. The summed E-state index contributed by atoms with van der Waals surface area (Å²) in [6.07, 6.45) is 9.20. The molecule has 2 aliphatic heterocycles. The van der Waals surface area contributed by atoms with Crippen molar-refractivity contribution in [2.45, 2.75) is 56.8 Å². The van der Waals surface area contributed by atoms with Gasteiger partial charge in [-0.05, 0) is 86.6 Å². The Morgan fingerprint density at radius 3 is 2.35 bits per heavy atom. The van der Waals surface area contributed by atoms with Gasteiger partial charge in [0.25, 0.3) is 0 Å². The van der Waals surface area contributed by atoms with Crippen molar-refractivity contribution >= 4 is 0 Å². The monoisotopic (exact) mass is 455 g/mol. The molecule has 1 saturated heterocycles. The molecular weight excluding hydrogens is 418 g/mol. The van der Waals surface area contributed by atoms with E-state index in [-0.39, 0.29) is 11.8 Å². The summed E-state index contributed by atoms with van der Waals surface area (Å²) in [5.41, 5.74) is 5.06. The number of unbranched alkanes of at least 4 members (excludes halogenated alkanes) is 3. The quantitative estimate of drug-likeness (QED) is 0.356. The van der Waals surface area contributed by atoms with Crippen LogP contribution in [-0.2, 0) is 6.42 Å². The van der Waals surface area contributed by atoms with Crippen molar-refractivity contribution in [3.05, 3.63) is 95.1 Å². The van der Waals surface area contributed by atoms with Crippen LogP contribution in [0.3, 0.4) is 0 Å². The Bertz CT molecular complexity index is 1040. The molecule has 3 aromatic carbocycles. The number of aromatic hydroxyl groups is 1. The molecular formula is C31H37NO2. The maximum atomic E-state index is 10.2. The predicted molar refractivity (Wildman–Crippen MR) is 139 cm³/mol. The van der Waals surface area contributed by atoms with Gasteiger partial charge in [0.2, 0.25) is 0 Å². The maximum Gasteiger partial charge on any atom is 0.123 e. The van der Waals surface area contributed by atoms with Crippen LogP contribution in [0.15, 0.2) is 72.8 Å². The van der Waals surface area contributed by atoms with E-state index >= 15 is 0 Å². The molecule has 3 aromatic rings. The lowest BCUT2D eigenvalue weighted by atomic mass is 9.75. The van der Waals surface area contributed by atoms with Gasteiger partial charge in [0.05, 0.1) is 6.61 Å². The van der Waals surface area contributed by atoms with Gasteiger partial charge in [-0.3, -0.25) is 0 Å². The highest BCUT2D eigenvalue weighted by Gasteiger charge is 2.33. The van der Waals surface area contributed by atoms with Crippen molar-refractivity contribution in [1.29, 1.82) is 0 Å². The second kappa shape index (κ2) is 11.1. The Kier molecular flexibility index (Phi) is 7.50. The summed E-state index contributed by atoms with van der Waals surface area (Å²) in [4.78, 5) is 2.62. The molecule has 2 unspecified atom stereocenters. The Morgan fingerprint density at radius 1 is 0.794 bits per heavy atom. The van der Waals surface area contributed by atoms with E-state index in [1.807, 2.05) is 12.1 Å². The summed E-state index contributed by atoms with van der Waals surface area (Å²) in [6, 6.07) is 25.3. The lowest BCUT2D eigenvalue weighted by Gasteiger charge is -2.34. The highest BCUT2D eigenvalue weighted by molar-refractivity contribution is 5.50. The third-order valence-electron chi connectivity index (χ3n) is 7.60. The molecule has 1 fully saturated rings. The number of phenolic OH excluding ortho intramolecular Hbond substituents is 1. The minimum atomic E-state index is 0.165. The fourth-order valence-corrected chi connectivity index (χ4v) is 5.72. The first-order valence-corrected chi connectivity index (χ1v) is 13.1. The number of benzene rings is 3. The molecule has 1 N–H and O–H groups in total. The molecule has 0 bridgehead atoms. The summed E-state index contributed by atoms with van der Waals surface area (Å²) in [7, 11) is 0. The fourth-order valence-electron chi connectivity index (χ4n) is 5.72.